The third-order valence-electron chi connectivity index (χ3n) is 4.91. The number of benzene rings is 1. The monoisotopic (exact) mass is 284 g/mol. The first-order valence-electron chi connectivity index (χ1n) is 8.55. The van der Waals surface area contributed by atoms with Crippen molar-refractivity contribution >= 4 is 0 Å². The summed E-state index contributed by atoms with van der Waals surface area (Å²) in [6.07, 6.45) is 11.2. The van der Waals surface area contributed by atoms with E-state index in [1.165, 1.54) is 57.3 Å². The van der Waals surface area contributed by atoms with Crippen LogP contribution in [0.15, 0.2) is 42.5 Å². The Morgan fingerprint density at radius 2 is 1.81 bits per heavy atom. The van der Waals surface area contributed by atoms with E-state index in [0.29, 0.717) is 0 Å². The van der Waals surface area contributed by atoms with Crippen LogP contribution in [-0.4, -0.2) is 30.6 Å². The second-order valence-corrected chi connectivity index (χ2v) is 6.59. The zero-order valence-corrected chi connectivity index (χ0v) is 13.0. The first-order chi connectivity index (χ1) is 10.4. The van der Waals surface area contributed by atoms with Gasteiger partial charge in [-0.1, -0.05) is 42.5 Å². The van der Waals surface area contributed by atoms with Gasteiger partial charge in [0.1, 0.15) is 0 Å². The Balaban J connectivity index is 1.36. The van der Waals surface area contributed by atoms with Gasteiger partial charge in [0.2, 0.25) is 0 Å². The molecule has 1 atom stereocenters. The van der Waals surface area contributed by atoms with Crippen LogP contribution >= 0.6 is 0 Å². The summed E-state index contributed by atoms with van der Waals surface area (Å²) in [5.74, 6) is 0.873. The average molecular weight is 284 g/mol. The van der Waals surface area contributed by atoms with E-state index in [-0.39, 0.29) is 0 Å². The fraction of sp³-hybridized carbons (Fsp3) is 0.579. The highest BCUT2D eigenvalue weighted by Crippen LogP contribution is 2.19. The molecule has 1 aromatic rings. The molecule has 2 nitrogen and oxygen atoms in total. The lowest BCUT2D eigenvalue weighted by atomic mass is 9.93. The van der Waals surface area contributed by atoms with Crippen molar-refractivity contribution in [2.75, 3.05) is 19.6 Å². The van der Waals surface area contributed by atoms with Gasteiger partial charge < -0.3 is 5.32 Å². The second kappa shape index (κ2) is 7.77. The SMILES string of the molecule is C1=CCC(CNC2CCN(Cc3ccccc3)CC2)CC1. The fourth-order valence-electron chi connectivity index (χ4n) is 3.51. The van der Waals surface area contributed by atoms with Gasteiger partial charge in [-0.05, 0) is 63.2 Å². The topological polar surface area (TPSA) is 15.3 Å². The van der Waals surface area contributed by atoms with Crippen LogP contribution in [0.4, 0.5) is 0 Å². The molecule has 1 N–H and O–H groups in total. The summed E-state index contributed by atoms with van der Waals surface area (Å²) in [7, 11) is 0. The van der Waals surface area contributed by atoms with E-state index in [1.807, 2.05) is 0 Å². The summed E-state index contributed by atoms with van der Waals surface area (Å²) >= 11 is 0. The van der Waals surface area contributed by atoms with Crippen molar-refractivity contribution in [3.63, 3.8) is 0 Å². The molecule has 0 aromatic heterocycles. The van der Waals surface area contributed by atoms with Crippen molar-refractivity contribution in [2.45, 2.75) is 44.7 Å². The molecule has 3 rings (SSSR count). The van der Waals surface area contributed by atoms with Crippen LogP contribution in [0.5, 0.6) is 0 Å². The van der Waals surface area contributed by atoms with E-state index < -0.39 is 0 Å². The summed E-state index contributed by atoms with van der Waals surface area (Å²) in [4.78, 5) is 2.59. The summed E-state index contributed by atoms with van der Waals surface area (Å²) in [5, 5.41) is 3.82. The van der Waals surface area contributed by atoms with Gasteiger partial charge in [-0.25, -0.2) is 0 Å². The second-order valence-electron chi connectivity index (χ2n) is 6.59. The number of nitrogens with zero attached hydrogens (tertiary/aromatic N) is 1. The minimum atomic E-state index is 0.739. The molecule has 1 fully saturated rings. The van der Waals surface area contributed by atoms with E-state index in [4.69, 9.17) is 0 Å². The van der Waals surface area contributed by atoms with Gasteiger partial charge in [-0.15, -0.1) is 0 Å². The molecular weight excluding hydrogens is 256 g/mol. The molecule has 1 heterocycles. The summed E-state index contributed by atoms with van der Waals surface area (Å²) in [6, 6.07) is 11.6. The first kappa shape index (κ1) is 14.8. The molecule has 1 unspecified atom stereocenters. The number of rotatable bonds is 5. The normalized spacial score (nSPS) is 24.3. The number of hydrogen-bond acceptors (Lipinski definition) is 2. The van der Waals surface area contributed by atoms with Crippen LogP contribution in [0.1, 0.15) is 37.7 Å². The van der Waals surface area contributed by atoms with Crippen molar-refractivity contribution in [3.05, 3.63) is 48.0 Å². The fourth-order valence-corrected chi connectivity index (χ4v) is 3.51. The molecule has 0 amide bonds. The smallest absolute Gasteiger partial charge is 0.0233 e. The Bertz CT molecular complexity index is 432. The molecule has 0 saturated carbocycles. The predicted octanol–water partition coefficient (Wildman–Crippen LogP) is 3.60. The Kier molecular flexibility index (Phi) is 5.47. The maximum Gasteiger partial charge on any atom is 0.0233 e. The summed E-state index contributed by atoms with van der Waals surface area (Å²) < 4.78 is 0. The Labute approximate surface area is 129 Å². The Morgan fingerprint density at radius 1 is 1.00 bits per heavy atom. The predicted molar refractivity (Wildman–Crippen MR) is 89.2 cm³/mol. The zero-order valence-electron chi connectivity index (χ0n) is 13.0. The van der Waals surface area contributed by atoms with Gasteiger partial charge in [0, 0.05) is 12.6 Å². The molecule has 1 saturated heterocycles. The average Bonchev–Trinajstić information content (AvgIpc) is 2.56. The Morgan fingerprint density at radius 3 is 2.52 bits per heavy atom. The minimum absolute atomic E-state index is 0.739. The molecule has 114 valence electrons. The number of likely N-dealkylation sites (tertiary alicyclic amines) is 1. The van der Waals surface area contributed by atoms with Crippen LogP contribution in [0, 0.1) is 5.92 Å². The van der Waals surface area contributed by atoms with Crippen molar-refractivity contribution in [3.8, 4) is 0 Å². The first-order valence-corrected chi connectivity index (χ1v) is 8.55. The highest BCUT2D eigenvalue weighted by atomic mass is 15.1. The standard InChI is InChI=1S/C19H28N2/c1-3-7-17(8-4-1)15-20-19-11-13-21(14-12-19)16-18-9-5-2-6-10-18/h1-3,5-6,9-10,17,19-20H,4,7-8,11-16H2. The van der Waals surface area contributed by atoms with Crippen molar-refractivity contribution in [2.24, 2.45) is 5.92 Å². The maximum atomic E-state index is 3.82. The highest BCUT2D eigenvalue weighted by Gasteiger charge is 2.20. The molecule has 0 bridgehead atoms. The summed E-state index contributed by atoms with van der Waals surface area (Å²) in [5.41, 5.74) is 1.44. The molecule has 2 aliphatic rings. The maximum absolute atomic E-state index is 3.82. The van der Waals surface area contributed by atoms with Crippen LogP contribution in [0.2, 0.25) is 0 Å². The van der Waals surface area contributed by atoms with Gasteiger partial charge >= 0.3 is 0 Å². The number of piperidine rings is 1. The molecule has 1 aliphatic heterocycles. The van der Waals surface area contributed by atoms with E-state index in [1.54, 1.807) is 0 Å². The van der Waals surface area contributed by atoms with Crippen LogP contribution < -0.4 is 5.32 Å². The lowest BCUT2D eigenvalue weighted by Gasteiger charge is -2.33. The largest absolute Gasteiger partial charge is 0.314 e. The van der Waals surface area contributed by atoms with E-state index in [2.05, 4.69) is 52.7 Å². The van der Waals surface area contributed by atoms with Crippen LogP contribution in [0.25, 0.3) is 0 Å². The molecule has 0 spiro atoms. The van der Waals surface area contributed by atoms with Gasteiger partial charge in [-0.3, -0.25) is 4.90 Å². The van der Waals surface area contributed by atoms with Crippen LogP contribution in [0.3, 0.4) is 0 Å². The number of nitrogens with one attached hydrogen (secondary N) is 1. The quantitative estimate of drug-likeness (QED) is 0.831. The van der Waals surface area contributed by atoms with Gasteiger partial charge in [0.05, 0.1) is 0 Å². The molecule has 21 heavy (non-hydrogen) atoms. The molecule has 2 heteroatoms. The minimum Gasteiger partial charge on any atom is -0.314 e. The van der Waals surface area contributed by atoms with Gasteiger partial charge in [-0.2, -0.15) is 0 Å². The van der Waals surface area contributed by atoms with Gasteiger partial charge in [0.15, 0.2) is 0 Å². The lowest BCUT2D eigenvalue weighted by molar-refractivity contribution is 0.187. The van der Waals surface area contributed by atoms with Crippen molar-refractivity contribution < 1.29 is 0 Å². The zero-order chi connectivity index (χ0) is 14.3. The summed E-state index contributed by atoms with van der Waals surface area (Å²) in [6.45, 7) is 4.79. The van der Waals surface area contributed by atoms with E-state index >= 15 is 0 Å². The molecule has 1 aliphatic carbocycles. The number of hydrogen-bond donors (Lipinski definition) is 1. The number of allylic oxidation sites excluding steroid dienone is 2. The van der Waals surface area contributed by atoms with E-state index in [9.17, 15) is 0 Å². The van der Waals surface area contributed by atoms with Crippen molar-refractivity contribution in [1.82, 2.24) is 10.2 Å². The van der Waals surface area contributed by atoms with E-state index in [0.717, 1.165) is 18.5 Å². The molecular formula is C19H28N2. The highest BCUT2D eigenvalue weighted by molar-refractivity contribution is 5.14. The third-order valence-corrected chi connectivity index (χ3v) is 4.91. The van der Waals surface area contributed by atoms with Gasteiger partial charge in [0.25, 0.3) is 0 Å². The third kappa shape index (κ3) is 4.69. The van der Waals surface area contributed by atoms with Crippen molar-refractivity contribution in [1.29, 1.82) is 0 Å². The molecule has 0 radical (unpaired) electrons. The lowest BCUT2D eigenvalue weighted by Crippen LogP contribution is -2.43. The molecule has 1 aromatic carbocycles. The van der Waals surface area contributed by atoms with Crippen LogP contribution in [-0.2, 0) is 6.54 Å². The Hall–Kier alpha value is -1.12.